The van der Waals surface area contributed by atoms with Crippen LogP contribution in [0.4, 0.5) is 0 Å². The van der Waals surface area contributed by atoms with Crippen LogP contribution in [0.2, 0.25) is 0 Å². The van der Waals surface area contributed by atoms with Gasteiger partial charge in [-0.2, -0.15) is 5.10 Å². The molecule has 23 heavy (non-hydrogen) atoms. The molecule has 3 rings (SSSR count). The Balaban J connectivity index is 1.75. The van der Waals surface area contributed by atoms with E-state index < -0.39 is 0 Å². The number of carbonyl (C=O) groups excluding carboxylic acids is 1. The third-order valence-corrected chi connectivity index (χ3v) is 5.34. The summed E-state index contributed by atoms with van der Waals surface area (Å²) in [5.41, 5.74) is 3.35. The molecule has 1 aromatic heterocycles. The molecule has 128 valence electrons. The molecule has 1 aromatic rings. The first-order valence-corrected chi connectivity index (χ1v) is 9.31. The summed E-state index contributed by atoms with van der Waals surface area (Å²) in [4.78, 5) is 15.2. The zero-order valence-corrected chi connectivity index (χ0v) is 15.1. The quantitative estimate of drug-likeness (QED) is 0.803. The van der Waals surface area contributed by atoms with Crippen LogP contribution in [0.15, 0.2) is 0 Å². The van der Waals surface area contributed by atoms with E-state index in [9.17, 15) is 4.79 Å². The fourth-order valence-corrected chi connectivity index (χ4v) is 4.00. The number of rotatable bonds is 6. The van der Waals surface area contributed by atoms with Crippen molar-refractivity contribution in [1.82, 2.24) is 14.7 Å². The normalized spacial score (nSPS) is 18.8. The van der Waals surface area contributed by atoms with E-state index in [4.69, 9.17) is 0 Å². The number of nitrogens with zero attached hydrogens (tertiary/aromatic N) is 3. The second kappa shape index (κ2) is 6.66. The van der Waals surface area contributed by atoms with Crippen molar-refractivity contribution < 1.29 is 4.79 Å². The van der Waals surface area contributed by atoms with Gasteiger partial charge in [0.05, 0.1) is 12.1 Å². The van der Waals surface area contributed by atoms with Crippen molar-refractivity contribution in [1.29, 1.82) is 0 Å². The molecule has 1 amide bonds. The number of aryl methyl sites for hydroxylation is 1. The smallest absolute Gasteiger partial charge is 0.227 e. The first kappa shape index (κ1) is 16.5. The van der Waals surface area contributed by atoms with E-state index >= 15 is 0 Å². The Hall–Kier alpha value is -1.32. The van der Waals surface area contributed by atoms with Crippen LogP contribution in [0, 0.1) is 19.8 Å². The molecule has 0 aliphatic heterocycles. The van der Waals surface area contributed by atoms with Gasteiger partial charge in [0.2, 0.25) is 5.91 Å². The number of aromatic nitrogens is 2. The Morgan fingerprint density at radius 1 is 1.17 bits per heavy atom. The zero-order chi connectivity index (χ0) is 16.6. The second-order valence-corrected chi connectivity index (χ2v) is 7.87. The van der Waals surface area contributed by atoms with Gasteiger partial charge in [0, 0.05) is 29.9 Å². The van der Waals surface area contributed by atoms with Crippen molar-refractivity contribution >= 4 is 5.91 Å². The summed E-state index contributed by atoms with van der Waals surface area (Å²) in [6, 6.07) is 1.03. The van der Waals surface area contributed by atoms with Crippen molar-refractivity contribution in [3.63, 3.8) is 0 Å². The average molecular weight is 317 g/mol. The SMILES string of the molecule is Cc1nn(CC(C)C)c(C)c1CC(=O)N(C1CCCC1)C1CC1. The van der Waals surface area contributed by atoms with E-state index in [-0.39, 0.29) is 0 Å². The molecule has 2 saturated carbocycles. The van der Waals surface area contributed by atoms with Gasteiger partial charge in [-0.3, -0.25) is 9.48 Å². The fourth-order valence-electron chi connectivity index (χ4n) is 4.00. The number of hydrogen-bond donors (Lipinski definition) is 0. The third-order valence-electron chi connectivity index (χ3n) is 5.34. The highest BCUT2D eigenvalue weighted by Gasteiger charge is 2.38. The highest BCUT2D eigenvalue weighted by atomic mass is 16.2. The van der Waals surface area contributed by atoms with Crippen LogP contribution in [0.5, 0.6) is 0 Å². The standard InChI is InChI=1S/C19H31N3O/c1-13(2)12-21-15(4)18(14(3)20-21)11-19(23)22(17-9-10-17)16-7-5-6-8-16/h13,16-17H,5-12H2,1-4H3. The molecule has 0 radical (unpaired) electrons. The second-order valence-electron chi connectivity index (χ2n) is 7.87. The van der Waals surface area contributed by atoms with E-state index in [0.717, 1.165) is 17.8 Å². The Kier molecular flexibility index (Phi) is 4.79. The Morgan fingerprint density at radius 3 is 2.35 bits per heavy atom. The molecule has 2 aliphatic rings. The molecule has 0 bridgehead atoms. The van der Waals surface area contributed by atoms with Crippen molar-refractivity contribution in [2.24, 2.45) is 5.92 Å². The fraction of sp³-hybridized carbons (Fsp3) is 0.789. The van der Waals surface area contributed by atoms with Crippen molar-refractivity contribution in [2.45, 2.75) is 91.3 Å². The van der Waals surface area contributed by atoms with Gasteiger partial charge in [0.15, 0.2) is 0 Å². The average Bonchev–Trinajstić information content (AvgIpc) is 3.10. The van der Waals surface area contributed by atoms with Gasteiger partial charge in [0.1, 0.15) is 0 Å². The molecule has 1 heterocycles. The molecule has 0 spiro atoms. The first-order valence-electron chi connectivity index (χ1n) is 9.31. The summed E-state index contributed by atoms with van der Waals surface area (Å²) < 4.78 is 2.08. The minimum atomic E-state index is 0.328. The van der Waals surface area contributed by atoms with Gasteiger partial charge < -0.3 is 4.90 Å². The molecule has 0 N–H and O–H groups in total. The lowest BCUT2D eigenvalue weighted by Gasteiger charge is -2.29. The van der Waals surface area contributed by atoms with E-state index in [0.29, 0.717) is 30.3 Å². The van der Waals surface area contributed by atoms with E-state index in [1.807, 2.05) is 6.92 Å². The predicted octanol–water partition coefficient (Wildman–Crippen LogP) is 3.63. The molecular formula is C19H31N3O. The van der Waals surface area contributed by atoms with Gasteiger partial charge in [-0.15, -0.1) is 0 Å². The van der Waals surface area contributed by atoms with E-state index in [1.165, 1.54) is 44.2 Å². The summed E-state index contributed by atoms with van der Waals surface area (Å²) in [5, 5.41) is 4.67. The number of hydrogen-bond acceptors (Lipinski definition) is 2. The van der Waals surface area contributed by atoms with E-state index in [2.05, 4.69) is 35.5 Å². The van der Waals surface area contributed by atoms with E-state index in [1.54, 1.807) is 0 Å². The number of amides is 1. The molecule has 0 unspecified atom stereocenters. The summed E-state index contributed by atoms with van der Waals surface area (Å²) in [5.74, 6) is 0.896. The summed E-state index contributed by atoms with van der Waals surface area (Å²) in [7, 11) is 0. The predicted molar refractivity (Wildman–Crippen MR) is 92.4 cm³/mol. The van der Waals surface area contributed by atoms with Crippen molar-refractivity contribution in [3.05, 3.63) is 17.0 Å². The Morgan fingerprint density at radius 2 is 1.78 bits per heavy atom. The maximum absolute atomic E-state index is 13.0. The van der Waals surface area contributed by atoms with Gasteiger partial charge in [0.25, 0.3) is 0 Å². The maximum atomic E-state index is 13.0. The van der Waals surface area contributed by atoms with Gasteiger partial charge in [-0.05, 0) is 45.4 Å². The van der Waals surface area contributed by atoms with Crippen LogP contribution < -0.4 is 0 Å². The summed E-state index contributed by atoms with van der Waals surface area (Å²) in [6.45, 7) is 9.49. The van der Waals surface area contributed by atoms with Crippen LogP contribution in [-0.2, 0) is 17.8 Å². The minimum Gasteiger partial charge on any atom is -0.336 e. The van der Waals surface area contributed by atoms with Gasteiger partial charge >= 0.3 is 0 Å². The Labute approximate surface area is 140 Å². The van der Waals surface area contributed by atoms with Crippen LogP contribution in [0.3, 0.4) is 0 Å². The van der Waals surface area contributed by atoms with Gasteiger partial charge in [-0.25, -0.2) is 0 Å². The maximum Gasteiger partial charge on any atom is 0.227 e. The lowest BCUT2D eigenvalue weighted by molar-refractivity contribution is -0.133. The van der Waals surface area contributed by atoms with Crippen LogP contribution in [0.25, 0.3) is 0 Å². The lowest BCUT2D eigenvalue weighted by Crippen LogP contribution is -2.41. The Bertz CT molecular complexity index is 565. The third kappa shape index (κ3) is 3.61. The molecule has 2 aliphatic carbocycles. The highest BCUT2D eigenvalue weighted by molar-refractivity contribution is 5.80. The zero-order valence-electron chi connectivity index (χ0n) is 15.1. The lowest BCUT2D eigenvalue weighted by atomic mass is 10.1. The summed E-state index contributed by atoms with van der Waals surface area (Å²) >= 11 is 0. The minimum absolute atomic E-state index is 0.328. The first-order chi connectivity index (χ1) is 11.0. The molecule has 0 aromatic carbocycles. The number of carbonyl (C=O) groups is 1. The molecule has 0 atom stereocenters. The van der Waals surface area contributed by atoms with Crippen LogP contribution in [0.1, 0.15) is 69.3 Å². The largest absolute Gasteiger partial charge is 0.336 e. The topological polar surface area (TPSA) is 38.1 Å². The van der Waals surface area contributed by atoms with Gasteiger partial charge in [-0.1, -0.05) is 26.7 Å². The van der Waals surface area contributed by atoms with Crippen molar-refractivity contribution in [3.8, 4) is 0 Å². The summed E-state index contributed by atoms with van der Waals surface area (Å²) in [6.07, 6.45) is 7.90. The molecule has 2 fully saturated rings. The monoisotopic (exact) mass is 317 g/mol. The molecule has 0 saturated heterocycles. The van der Waals surface area contributed by atoms with Crippen molar-refractivity contribution in [2.75, 3.05) is 0 Å². The van der Waals surface area contributed by atoms with Crippen LogP contribution in [-0.4, -0.2) is 32.7 Å². The molecular weight excluding hydrogens is 286 g/mol. The molecule has 4 nitrogen and oxygen atoms in total. The molecule has 4 heteroatoms. The highest BCUT2D eigenvalue weighted by Crippen LogP contribution is 2.35. The van der Waals surface area contributed by atoms with Crippen LogP contribution >= 0.6 is 0 Å².